The largest absolute Gasteiger partial charge is 0.395 e. The lowest BCUT2D eigenvalue weighted by atomic mass is 10.2. The Bertz CT molecular complexity index is 272. The van der Waals surface area contributed by atoms with Crippen LogP contribution in [0.3, 0.4) is 0 Å². The average molecular weight is 194 g/mol. The van der Waals surface area contributed by atoms with E-state index in [2.05, 4.69) is 23.3 Å². The molecule has 0 aliphatic heterocycles. The molecule has 1 aromatic rings. The van der Waals surface area contributed by atoms with Crippen LogP contribution in [0, 0.1) is 6.92 Å². The van der Waals surface area contributed by atoms with Crippen molar-refractivity contribution in [3.63, 3.8) is 0 Å². The molecule has 2 N–H and O–H groups in total. The second-order valence-corrected chi connectivity index (χ2v) is 3.42. The van der Waals surface area contributed by atoms with E-state index in [-0.39, 0.29) is 12.6 Å². The lowest BCUT2D eigenvalue weighted by Crippen LogP contribution is -2.31. The zero-order valence-electron chi connectivity index (χ0n) is 8.83. The number of nitrogens with zero attached hydrogens (tertiary/aromatic N) is 1. The van der Waals surface area contributed by atoms with E-state index in [1.165, 1.54) is 5.56 Å². The lowest BCUT2D eigenvalue weighted by molar-refractivity contribution is 0.238. The Morgan fingerprint density at radius 3 is 2.93 bits per heavy atom. The van der Waals surface area contributed by atoms with Crippen LogP contribution >= 0.6 is 0 Å². The number of hydrogen-bond acceptors (Lipinski definition) is 3. The number of rotatable bonds is 5. The molecule has 0 aliphatic carbocycles. The van der Waals surface area contributed by atoms with Crippen LogP contribution in [-0.2, 0) is 6.54 Å². The van der Waals surface area contributed by atoms with Crippen molar-refractivity contribution in [2.24, 2.45) is 0 Å². The first-order chi connectivity index (χ1) is 6.77. The molecule has 0 saturated carbocycles. The summed E-state index contributed by atoms with van der Waals surface area (Å²) in [6.07, 6.45) is 2.73. The first-order valence-electron chi connectivity index (χ1n) is 5.02. The molecule has 0 amide bonds. The highest BCUT2D eigenvalue weighted by molar-refractivity contribution is 5.17. The van der Waals surface area contributed by atoms with Gasteiger partial charge in [0.1, 0.15) is 0 Å². The van der Waals surface area contributed by atoms with Crippen molar-refractivity contribution in [1.29, 1.82) is 0 Å². The van der Waals surface area contributed by atoms with Crippen LogP contribution in [0.15, 0.2) is 18.3 Å². The number of aliphatic hydroxyl groups is 1. The van der Waals surface area contributed by atoms with E-state index in [1.807, 2.05) is 13.0 Å². The summed E-state index contributed by atoms with van der Waals surface area (Å²) < 4.78 is 0. The van der Waals surface area contributed by atoms with E-state index in [0.717, 1.165) is 18.7 Å². The van der Waals surface area contributed by atoms with Crippen LogP contribution in [0.25, 0.3) is 0 Å². The van der Waals surface area contributed by atoms with E-state index in [4.69, 9.17) is 5.11 Å². The molecule has 0 radical (unpaired) electrons. The molecule has 0 aromatic carbocycles. The molecule has 1 rings (SSSR count). The number of aliphatic hydroxyl groups excluding tert-OH is 1. The summed E-state index contributed by atoms with van der Waals surface area (Å²) in [5.41, 5.74) is 2.24. The first-order valence-corrected chi connectivity index (χ1v) is 5.02. The van der Waals surface area contributed by atoms with Crippen LogP contribution in [-0.4, -0.2) is 22.7 Å². The average Bonchev–Trinajstić information content (AvgIpc) is 2.22. The molecule has 3 nitrogen and oxygen atoms in total. The van der Waals surface area contributed by atoms with Crippen LogP contribution < -0.4 is 5.32 Å². The number of hydrogen-bond donors (Lipinski definition) is 2. The topological polar surface area (TPSA) is 45.1 Å². The predicted molar refractivity (Wildman–Crippen MR) is 57.0 cm³/mol. The third-order valence-corrected chi connectivity index (χ3v) is 2.41. The SMILES string of the molecule is CC[C@H](CO)NCc1cccnc1C. The smallest absolute Gasteiger partial charge is 0.0584 e. The Morgan fingerprint density at radius 1 is 1.57 bits per heavy atom. The van der Waals surface area contributed by atoms with Crippen molar-refractivity contribution < 1.29 is 5.11 Å². The van der Waals surface area contributed by atoms with E-state index < -0.39 is 0 Å². The van der Waals surface area contributed by atoms with Crippen molar-refractivity contribution in [3.8, 4) is 0 Å². The van der Waals surface area contributed by atoms with Gasteiger partial charge in [-0.1, -0.05) is 13.0 Å². The summed E-state index contributed by atoms with van der Waals surface area (Å²) >= 11 is 0. The van der Waals surface area contributed by atoms with Crippen LogP contribution in [0.5, 0.6) is 0 Å². The molecule has 0 spiro atoms. The molecule has 0 bridgehead atoms. The van der Waals surface area contributed by atoms with Gasteiger partial charge in [0.2, 0.25) is 0 Å². The summed E-state index contributed by atoms with van der Waals surface area (Å²) in [6.45, 7) is 5.02. The second kappa shape index (κ2) is 5.73. The van der Waals surface area contributed by atoms with Gasteiger partial charge in [0.25, 0.3) is 0 Å². The second-order valence-electron chi connectivity index (χ2n) is 3.42. The first kappa shape index (κ1) is 11.1. The fourth-order valence-corrected chi connectivity index (χ4v) is 1.30. The Balaban J connectivity index is 2.49. The molecule has 0 fully saturated rings. The Morgan fingerprint density at radius 2 is 2.36 bits per heavy atom. The van der Waals surface area contributed by atoms with Gasteiger partial charge in [-0.25, -0.2) is 0 Å². The summed E-state index contributed by atoms with van der Waals surface area (Å²) in [5.74, 6) is 0. The lowest BCUT2D eigenvalue weighted by Gasteiger charge is -2.14. The molecule has 1 atom stereocenters. The molecule has 3 heteroatoms. The minimum atomic E-state index is 0.189. The van der Waals surface area contributed by atoms with Crippen LogP contribution in [0.2, 0.25) is 0 Å². The van der Waals surface area contributed by atoms with Crippen molar-refractivity contribution >= 4 is 0 Å². The maximum Gasteiger partial charge on any atom is 0.0584 e. The fraction of sp³-hybridized carbons (Fsp3) is 0.545. The van der Waals surface area contributed by atoms with Crippen molar-refractivity contribution in [1.82, 2.24) is 10.3 Å². The predicted octanol–water partition coefficient (Wildman–Crippen LogP) is 1.25. The van der Waals surface area contributed by atoms with E-state index >= 15 is 0 Å². The van der Waals surface area contributed by atoms with Gasteiger partial charge in [-0.05, 0) is 25.0 Å². The third kappa shape index (κ3) is 3.09. The maximum atomic E-state index is 9.00. The number of aryl methyl sites for hydroxylation is 1. The van der Waals surface area contributed by atoms with E-state index in [1.54, 1.807) is 6.20 Å². The van der Waals surface area contributed by atoms with Gasteiger partial charge >= 0.3 is 0 Å². The summed E-state index contributed by atoms with van der Waals surface area (Å²) in [6, 6.07) is 4.18. The Hall–Kier alpha value is -0.930. The zero-order chi connectivity index (χ0) is 10.4. The van der Waals surface area contributed by atoms with Gasteiger partial charge in [-0.15, -0.1) is 0 Å². The minimum Gasteiger partial charge on any atom is -0.395 e. The van der Waals surface area contributed by atoms with E-state index in [0.29, 0.717) is 0 Å². The number of aromatic nitrogens is 1. The highest BCUT2D eigenvalue weighted by Gasteiger charge is 2.04. The molecular formula is C11H18N2O. The minimum absolute atomic E-state index is 0.189. The molecule has 14 heavy (non-hydrogen) atoms. The summed E-state index contributed by atoms with van der Waals surface area (Å²) in [4.78, 5) is 4.21. The van der Waals surface area contributed by atoms with Crippen molar-refractivity contribution in [2.45, 2.75) is 32.9 Å². The molecular weight excluding hydrogens is 176 g/mol. The highest BCUT2D eigenvalue weighted by Crippen LogP contribution is 2.03. The van der Waals surface area contributed by atoms with Gasteiger partial charge in [-0.3, -0.25) is 4.98 Å². The quantitative estimate of drug-likeness (QED) is 0.741. The maximum absolute atomic E-state index is 9.00. The molecule has 0 saturated heterocycles. The molecule has 0 aliphatic rings. The van der Waals surface area contributed by atoms with Crippen molar-refractivity contribution in [3.05, 3.63) is 29.6 Å². The zero-order valence-corrected chi connectivity index (χ0v) is 8.83. The standard InChI is InChI=1S/C11H18N2O/c1-3-11(8-14)13-7-10-5-4-6-12-9(10)2/h4-6,11,13-14H,3,7-8H2,1-2H3/t11-/m1/s1. The molecule has 1 heterocycles. The molecule has 78 valence electrons. The van der Waals surface area contributed by atoms with Gasteiger partial charge in [0, 0.05) is 24.5 Å². The van der Waals surface area contributed by atoms with Crippen LogP contribution in [0.1, 0.15) is 24.6 Å². The highest BCUT2D eigenvalue weighted by atomic mass is 16.3. The van der Waals surface area contributed by atoms with Crippen LogP contribution in [0.4, 0.5) is 0 Å². The van der Waals surface area contributed by atoms with Gasteiger partial charge in [-0.2, -0.15) is 0 Å². The third-order valence-electron chi connectivity index (χ3n) is 2.41. The Labute approximate surface area is 85.2 Å². The monoisotopic (exact) mass is 194 g/mol. The Kier molecular flexibility index (Phi) is 4.56. The van der Waals surface area contributed by atoms with Gasteiger partial charge in [0.15, 0.2) is 0 Å². The van der Waals surface area contributed by atoms with Gasteiger partial charge < -0.3 is 10.4 Å². The van der Waals surface area contributed by atoms with E-state index in [9.17, 15) is 0 Å². The normalized spacial score (nSPS) is 12.8. The summed E-state index contributed by atoms with van der Waals surface area (Å²) in [7, 11) is 0. The number of pyridine rings is 1. The molecule has 1 aromatic heterocycles. The number of nitrogens with one attached hydrogen (secondary N) is 1. The van der Waals surface area contributed by atoms with Gasteiger partial charge in [0.05, 0.1) is 6.61 Å². The summed E-state index contributed by atoms with van der Waals surface area (Å²) in [5, 5.41) is 12.3. The fourth-order valence-electron chi connectivity index (χ4n) is 1.30. The van der Waals surface area contributed by atoms with Crippen molar-refractivity contribution in [2.75, 3.05) is 6.61 Å². The molecule has 0 unspecified atom stereocenters.